The van der Waals surface area contributed by atoms with Crippen LogP contribution in [0.2, 0.25) is 0 Å². The van der Waals surface area contributed by atoms with Crippen molar-refractivity contribution < 1.29 is 0 Å². The molecule has 3 heteroatoms. The van der Waals surface area contributed by atoms with Gasteiger partial charge in [0.2, 0.25) is 0 Å². The van der Waals surface area contributed by atoms with Crippen molar-refractivity contribution in [2.45, 2.75) is 37.1 Å². The Morgan fingerprint density at radius 1 is 1.53 bits per heavy atom. The lowest BCUT2D eigenvalue weighted by molar-refractivity contribution is 0.526. The van der Waals surface area contributed by atoms with Crippen molar-refractivity contribution in [1.82, 2.24) is 5.32 Å². The van der Waals surface area contributed by atoms with E-state index in [1.165, 1.54) is 30.2 Å². The molecule has 2 aliphatic carbocycles. The van der Waals surface area contributed by atoms with Crippen molar-refractivity contribution in [3.8, 4) is 0 Å². The van der Waals surface area contributed by atoms with Gasteiger partial charge in [0.1, 0.15) is 0 Å². The molecular formula is C16H21N3. The largest absolute Gasteiger partial charge is 0.393 e. The van der Waals surface area contributed by atoms with Crippen LogP contribution >= 0.6 is 0 Å². The summed E-state index contributed by atoms with van der Waals surface area (Å²) in [6, 6.07) is 6.97. The average molecular weight is 255 g/mol. The van der Waals surface area contributed by atoms with Gasteiger partial charge in [-0.3, -0.25) is 0 Å². The number of benzene rings is 1. The molecule has 4 N–H and O–H groups in total. The highest BCUT2D eigenvalue weighted by molar-refractivity contribution is 6.08. The number of aryl methyl sites for hydroxylation is 1. The van der Waals surface area contributed by atoms with Crippen molar-refractivity contribution in [3.05, 3.63) is 41.1 Å². The van der Waals surface area contributed by atoms with E-state index < -0.39 is 0 Å². The molecule has 1 saturated carbocycles. The smallest absolute Gasteiger partial charge is 0.0270 e. The summed E-state index contributed by atoms with van der Waals surface area (Å²) in [6.45, 7) is 0. The summed E-state index contributed by atoms with van der Waals surface area (Å²) in [5, 5.41) is 10.5. The highest BCUT2D eigenvalue weighted by atomic mass is 14.8. The Bertz CT molecular complexity index is 547. The van der Waals surface area contributed by atoms with Crippen molar-refractivity contribution >= 4 is 11.8 Å². The molecule has 19 heavy (non-hydrogen) atoms. The van der Waals surface area contributed by atoms with E-state index in [0.29, 0.717) is 6.04 Å². The molecule has 1 fully saturated rings. The quantitative estimate of drug-likeness (QED) is 0.725. The Kier molecular flexibility index (Phi) is 2.94. The molecule has 0 heterocycles. The van der Waals surface area contributed by atoms with Crippen molar-refractivity contribution in [2.75, 3.05) is 7.05 Å². The van der Waals surface area contributed by atoms with Crippen LogP contribution < -0.4 is 11.1 Å². The van der Waals surface area contributed by atoms with Crippen LogP contribution in [0, 0.1) is 5.41 Å². The number of rotatable bonds is 3. The highest BCUT2D eigenvalue weighted by Gasteiger charge is 2.54. The Morgan fingerprint density at radius 3 is 2.95 bits per heavy atom. The minimum absolute atomic E-state index is 0.281. The van der Waals surface area contributed by atoms with Gasteiger partial charge in [0.25, 0.3) is 0 Å². The second-order valence-corrected chi connectivity index (χ2v) is 5.72. The van der Waals surface area contributed by atoms with Gasteiger partial charge in [-0.1, -0.05) is 18.2 Å². The normalized spacial score (nSPS) is 28.9. The number of allylic oxidation sites excluding steroid dienone is 1. The molecule has 3 rings (SSSR count). The third kappa shape index (κ3) is 1.89. The first kappa shape index (κ1) is 12.4. The zero-order valence-electron chi connectivity index (χ0n) is 11.4. The predicted molar refractivity (Wildman–Crippen MR) is 79.5 cm³/mol. The SMILES string of the molecule is CN/C=C(\C=N)c1ccc2c(c1)CCCC21CC1N. The molecule has 2 aliphatic rings. The molecule has 0 aromatic heterocycles. The molecule has 100 valence electrons. The average Bonchev–Trinajstić information content (AvgIpc) is 3.06. The van der Waals surface area contributed by atoms with Crippen LogP contribution in [0.3, 0.4) is 0 Å². The van der Waals surface area contributed by atoms with Crippen LogP contribution in [-0.2, 0) is 11.8 Å². The molecule has 0 radical (unpaired) electrons. The fourth-order valence-corrected chi connectivity index (χ4v) is 3.49. The molecule has 0 amide bonds. The Labute approximate surface area is 114 Å². The third-order valence-corrected chi connectivity index (χ3v) is 4.63. The molecular weight excluding hydrogens is 234 g/mol. The zero-order valence-corrected chi connectivity index (χ0v) is 11.4. The predicted octanol–water partition coefficient (Wildman–Crippen LogP) is 2.20. The van der Waals surface area contributed by atoms with Crippen molar-refractivity contribution in [2.24, 2.45) is 5.73 Å². The summed E-state index contributed by atoms with van der Waals surface area (Å²) in [7, 11) is 1.86. The molecule has 0 bridgehead atoms. The summed E-state index contributed by atoms with van der Waals surface area (Å²) in [4.78, 5) is 0. The maximum atomic E-state index is 7.51. The van der Waals surface area contributed by atoms with Crippen molar-refractivity contribution in [3.63, 3.8) is 0 Å². The second kappa shape index (κ2) is 4.49. The fourth-order valence-electron chi connectivity index (χ4n) is 3.49. The lowest BCUT2D eigenvalue weighted by Crippen LogP contribution is -2.24. The van der Waals surface area contributed by atoms with E-state index in [1.54, 1.807) is 0 Å². The van der Waals surface area contributed by atoms with E-state index in [4.69, 9.17) is 11.1 Å². The van der Waals surface area contributed by atoms with Gasteiger partial charge in [0, 0.05) is 36.5 Å². The number of fused-ring (bicyclic) bond motifs is 2. The van der Waals surface area contributed by atoms with Gasteiger partial charge in [0.15, 0.2) is 0 Å². The maximum absolute atomic E-state index is 7.51. The van der Waals surface area contributed by atoms with E-state index >= 15 is 0 Å². The summed E-state index contributed by atoms with van der Waals surface area (Å²) in [5.74, 6) is 0. The van der Waals surface area contributed by atoms with Gasteiger partial charge in [-0.25, -0.2) is 0 Å². The Balaban J connectivity index is 2.01. The zero-order chi connectivity index (χ0) is 13.5. The molecule has 1 spiro atoms. The number of hydrogen-bond donors (Lipinski definition) is 3. The fraction of sp³-hybridized carbons (Fsp3) is 0.438. The van der Waals surface area contributed by atoms with Crippen LogP contribution in [0.4, 0.5) is 0 Å². The minimum Gasteiger partial charge on any atom is -0.393 e. The first-order valence-corrected chi connectivity index (χ1v) is 6.98. The van der Waals surface area contributed by atoms with Crippen LogP contribution in [0.1, 0.15) is 36.0 Å². The summed E-state index contributed by atoms with van der Waals surface area (Å²) < 4.78 is 0. The van der Waals surface area contributed by atoms with Gasteiger partial charge in [-0.2, -0.15) is 0 Å². The highest BCUT2D eigenvalue weighted by Crippen LogP contribution is 2.54. The first-order valence-electron chi connectivity index (χ1n) is 6.98. The second-order valence-electron chi connectivity index (χ2n) is 5.72. The molecule has 2 unspecified atom stereocenters. The van der Waals surface area contributed by atoms with Crippen LogP contribution in [0.25, 0.3) is 5.57 Å². The molecule has 0 aliphatic heterocycles. The van der Waals surface area contributed by atoms with Gasteiger partial charge in [-0.05, 0) is 42.4 Å². The van der Waals surface area contributed by atoms with Gasteiger partial charge in [0.05, 0.1) is 0 Å². The minimum atomic E-state index is 0.281. The van der Waals surface area contributed by atoms with E-state index in [-0.39, 0.29) is 5.41 Å². The van der Waals surface area contributed by atoms with E-state index in [9.17, 15) is 0 Å². The standard InChI is InChI=1S/C16H21N3/c1-19-10-13(9-17)11-4-5-14-12(7-11)3-2-6-16(14)8-15(16)18/h4-5,7,9-10,15,17,19H,2-3,6,8,18H2,1H3/b13-10+,17-9?. The van der Waals surface area contributed by atoms with E-state index in [2.05, 4.69) is 23.5 Å². The summed E-state index contributed by atoms with van der Waals surface area (Å²) >= 11 is 0. The number of hydrogen-bond acceptors (Lipinski definition) is 3. The third-order valence-electron chi connectivity index (χ3n) is 4.63. The molecule has 1 aromatic carbocycles. The lowest BCUT2D eigenvalue weighted by atomic mass is 9.78. The Morgan fingerprint density at radius 2 is 2.32 bits per heavy atom. The molecule has 1 aromatic rings. The topological polar surface area (TPSA) is 61.9 Å². The summed E-state index contributed by atoms with van der Waals surface area (Å²) in [6.07, 6.45) is 8.03. The molecule has 0 saturated heterocycles. The number of nitrogens with one attached hydrogen (secondary N) is 2. The molecule has 3 nitrogen and oxygen atoms in total. The summed E-state index contributed by atoms with van der Waals surface area (Å²) in [5.41, 5.74) is 11.4. The van der Waals surface area contributed by atoms with Gasteiger partial charge >= 0.3 is 0 Å². The van der Waals surface area contributed by atoms with Crippen LogP contribution in [0.5, 0.6) is 0 Å². The van der Waals surface area contributed by atoms with Crippen LogP contribution in [0.15, 0.2) is 24.4 Å². The first-order chi connectivity index (χ1) is 9.21. The monoisotopic (exact) mass is 255 g/mol. The molecule has 2 atom stereocenters. The van der Waals surface area contributed by atoms with E-state index in [0.717, 1.165) is 24.0 Å². The Hall–Kier alpha value is -1.61. The van der Waals surface area contributed by atoms with Gasteiger partial charge in [-0.15, -0.1) is 0 Å². The number of nitrogens with two attached hydrogens (primary N) is 1. The van der Waals surface area contributed by atoms with Gasteiger partial charge < -0.3 is 16.5 Å². The maximum Gasteiger partial charge on any atom is 0.0270 e. The lowest BCUT2D eigenvalue weighted by Gasteiger charge is -2.26. The van der Waals surface area contributed by atoms with Crippen molar-refractivity contribution in [1.29, 1.82) is 5.41 Å². The van der Waals surface area contributed by atoms with Crippen LogP contribution in [-0.4, -0.2) is 19.3 Å². The van der Waals surface area contributed by atoms with E-state index in [1.807, 2.05) is 13.2 Å².